The van der Waals surface area contributed by atoms with Gasteiger partial charge in [-0.05, 0) is 57.3 Å². The van der Waals surface area contributed by atoms with E-state index in [0.717, 1.165) is 24.8 Å². The van der Waals surface area contributed by atoms with Gasteiger partial charge in [0, 0.05) is 12.0 Å². The number of Topliss-reactive ketones (excluding diaryl/α,β-unsaturated/α-hetero) is 1. The zero-order valence-corrected chi connectivity index (χ0v) is 12.9. The van der Waals surface area contributed by atoms with Crippen LogP contribution in [0.3, 0.4) is 0 Å². The molecule has 0 heterocycles. The largest absolute Gasteiger partial charge is 0.294 e. The monoisotopic (exact) mass is 248 g/mol. The van der Waals surface area contributed by atoms with Gasteiger partial charge in [0.2, 0.25) is 0 Å². The van der Waals surface area contributed by atoms with Crippen molar-refractivity contribution in [3.8, 4) is 0 Å². The lowest BCUT2D eigenvalue weighted by atomic mass is 9.95. The highest BCUT2D eigenvalue weighted by molar-refractivity contribution is 5.98. The molecule has 0 aromatic carbocycles. The Morgan fingerprint density at radius 2 is 1.67 bits per heavy atom. The zero-order valence-electron chi connectivity index (χ0n) is 12.9. The first kappa shape index (κ1) is 16.9. The van der Waals surface area contributed by atoms with E-state index in [1.54, 1.807) is 0 Å². The van der Waals surface area contributed by atoms with Crippen molar-refractivity contribution in [2.45, 2.75) is 67.2 Å². The Labute approximate surface area is 113 Å². The summed E-state index contributed by atoms with van der Waals surface area (Å²) in [6.07, 6.45) is 7.72. The van der Waals surface area contributed by atoms with E-state index in [1.165, 1.54) is 16.7 Å². The molecule has 0 fully saturated rings. The summed E-state index contributed by atoms with van der Waals surface area (Å²) in [7, 11) is 0. The van der Waals surface area contributed by atoms with Crippen LogP contribution in [0.1, 0.15) is 67.2 Å². The highest BCUT2D eigenvalue weighted by atomic mass is 16.1. The van der Waals surface area contributed by atoms with Gasteiger partial charge < -0.3 is 0 Å². The van der Waals surface area contributed by atoms with Gasteiger partial charge in [0.05, 0.1) is 0 Å². The molecule has 0 aromatic heterocycles. The molecule has 18 heavy (non-hydrogen) atoms. The number of hydrogen-bond donors (Lipinski definition) is 0. The minimum absolute atomic E-state index is 0.280. The molecule has 0 aromatic rings. The Kier molecular flexibility index (Phi) is 8.36. The Hall–Kier alpha value is -1.11. The van der Waals surface area contributed by atoms with Crippen LogP contribution in [0.15, 0.2) is 34.4 Å². The van der Waals surface area contributed by atoms with Crippen molar-refractivity contribution in [3.05, 3.63) is 34.4 Å². The predicted molar refractivity (Wildman–Crippen MR) is 80.7 cm³/mol. The standard InChI is InChI=1S/C17H28O/c1-7-11-17(18)16(13(5)8-2)12-14(6)15(9-3)10-4/h9,12H,7-8,10-11H2,1-6H3/b14-12-,15-9-,16-13-. The zero-order chi connectivity index (χ0) is 14.1. The molecule has 1 heteroatoms. The summed E-state index contributed by atoms with van der Waals surface area (Å²) >= 11 is 0. The van der Waals surface area contributed by atoms with Crippen molar-refractivity contribution in [2.75, 3.05) is 0 Å². The van der Waals surface area contributed by atoms with Gasteiger partial charge in [-0.1, -0.05) is 32.4 Å². The van der Waals surface area contributed by atoms with Gasteiger partial charge >= 0.3 is 0 Å². The third-order valence-electron chi connectivity index (χ3n) is 3.36. The molecule has 0 aliphatic heterocycles. The van der Waals surface area contributed by atoms with Crippen LogP contribution < -0.4 is 0 Å². The first-order valence-electron chi connectivity index (χ1n) is 7.08. The molecule has 0 aliphatic carbocycles. The number of rotatable bonds is 7. The van der Waals surface area contributed by atoms with Crippen LogP contribution in [0.4, 0.5) is 0 Å². The van der Waals surface area contributed by atoms with Gasteiger partial charge in [0.15, 0.2) is 5.78 Å². The van der Waals surface area contributed by atoms with Gasteiger partial charge in [-0.3, -0.25) is 4.79 Å². The van der Waals surface area contributed by atoms with Crippen molar-refractivity contribution < 1.29 is 4.79 Å². The summed E-state index contributed by atoms with van der Waals surface area (Å²) < 4.78 is 0. The van der Waals surface area contributed by atoms with Gasteiger partial charge in [-0.25, -0.2) is 0 Å². The summed E-state index contributed by atoms with van der Waals surface area (Å²) in [6.45, 7) is 12.5. The highest BCUT2D eigenvalue weighted by Gasteiger charge is 2.10. The molecule has 1 nitrogen and oxygen atoms in total. The smallest absolute Gasteiger partial charge is 0.162 e. The number of carbonyl (C=O) groups excluding carboxylic acids is 1. The topological polar surface area (TPSA) is 17.1 Å². The summed E-state index contributed by atoms with van der Waals surface area (Å²) in [5.41, 5.74) is 4.65. The Bertz CT molecular complexity index is 367. The molecule has 0 unspecified atom stereocenters. The summed E-state index contributed by atoms with van der Waals surface area (Å²) in [5.74, 6) is 0.280. The molecule has 0 saturated carbocycles. The van der Waals surface area contributed by atoms with Crippen LogP contribution >= 0.6 is 0 Å². The molecule has 0 N–H and O–H groups in total. The molecule has 0 atom stereocenters. The molecule has 0 radical (unpaired) electrons. The van der Waals surface area contributed by atoms with Crippen molar-refractivity contribution in [1.82, 2.24) is 0 Å². The maximum atomic E-state index is 12.2. The van der Waals surface area contributed by atoms with Gasteiger partial charge in [0.25, 0.3) is 0 Å². The van der Waals surface area contributed by atoms with E-state index in [-0.39, 0.29) is 5.78 Å². The fourth-order valence-corrected chi connectivity index (χ4v) is 2.01. The van der Waals surface area contributed by atoms with E-state index in [9.17, 15) is 4.79 Å². The van der Waals surface area contributed by atoms with Crippen molar-refractivity contribution in [3.63, 3.8) is 0 Å². The number of hydrogen-bond acceptors (Lipinski definition) is 1. The first-order valence-corrected chi connectivity index (χ1v) is 7.08. The van der Waals surface area contributed by atoms with Crippen LogP contribution in [-0.2, 0) is 4.79 Å². The molecule has 0 aliphatic rings. The predicted octanol–water partition coefficient (Wildman–Crippen LogP) is 5.38. The van der Waals surface area contributed by atoms with E-state index < -0.39 is 0 Å². The number of allylic oxidation sites excluding steroid dienone is 6. The maximum absolute atomic E-state index is 12.2. The van der Waals surface area contributed by atoms with E-state index in [1.807, 2.05) is 0 Å². The van der Waals surface area contributed by atoms with Gasteiger partial charge in [-0.15, -0.1) is 0 Å². The Morgan fingerprint density at radius 3 is 2.06 bits per heavy atom. The van der Waals surface area contributed by atoms with Crippen LogP contribution in [0.5, 0.6) is 0 Å². The van der Waals surface area contributed by atoms with E-state index in [0.29, 0.717) is 6.42 Å². The van der Waals surface area contributed by atoms with Crippen molar-refractivity contribution in [1.29, 1.82) is 0 Å². The van der Waals surface area contributed by atoms with Crippen LogP contribution in [-0.4, -0.2) is 5.78 Å². The second kappa shape index (κ2) is 8.91. The number of ketones is 1. The van der Waals surface area contributed by atoms with Gasteiger partial charge in [0.1, 0.15) is 0 Å². The summed E-state index contributed by atoms with van der Waals surface area (Å²) in [6, 6.07) is 0. The van der Waals surface area contributed by atoms with Crippen molar-refractivity contribution >= 4 is 5.78 Å². The van der Waals surface area contributed by atoms with Crippen LogP contribution in [0, 0.1) is 0 Å². The second-order valence-corrected chi connectivity index (χ2v) is 4.72. The molecule has 0 saturated heterocycles. The second-order valence-electron chi connectivity index (χ2n) is 4.72. The SMILES string of the molecule is C\C=C(CC)/C(C)=C\C(C(=O)CCC)=C(/C)CC. The Balaban J connectivity index is 5.39. The third kappa shape index (κ3) is 5.03. The maximum Gasteiger partial charge on any atom is 0.162 e. The molecule has 102 valence electrons. The average Bonchev–Trinajstić information content (AvgIpc) is 2.36. The van der Waals surface area contributed by atoms with Crippen LogP contribution in [0.2, 0.25) is 0 Å². The lowest BCUT2D eigenvalue weighted by molar-refractivity contribution is -0.115. The van der Waals surface area contributed by atoms with E-state index in [2.05, 4.69) is 53.7 Å². The summed E-state index contributed by atoms with van der Waals surface area (Å²) in [5, 5.41) is 0. The van der Waals surface area contributed by atoms with E-state index in [4.69, 9.17) is 0 Å². The molecule has 0 spiro atoms. The molecular formula is C17H28O. The lowest BCUT2D eigenvalue weighted by Crippen LogP contribution is -2.03. The molecule has 0 bridgehead atoms. The highest BCUT2D eigenvalue weighted by Crippen LogP contribution is 2.20. The molecule has 0 amide bonds. The normalized spacial score (nSPS) is 14.6. The quantitative estimate of drug-likeness (QED) is 0.436. The summed E-state index contributed by atoms with van der Waals surface area (Å²) in [4.78, 5) is 12.2. The fourth-order valence-electron chi connectivity index (χ4n) is 2.01. The van der Waals surface area contributed by atoms with Crippen LogP contribution in [0.25, 0.3) is 0 Å². The Morgan fingerprint density at radius 1 is 1.06 bits per heavy atom. The third-order valence-corrected chi connectivity index (χ3v) is 3.36. The molecule has 0 rings (SSSR count). The number of carbonyl (C=O) groups is 1. The minimum atomic E-state index is 0.280. The average molecular weight is 248 g/mol. The van der Waals surface area contributed by atoms with Crippen molar-refractivity contribution in [2.24, 2.45) is 0 Å². The lowest BCUT2D eigenvalue weighted by Gasteiger charge is -2.09. The fraction of sp³-hybridized carbons (Fsp3) is 0.588. The first-order chi connectivity index (χ1) is 8.51. The molecular weight excluding hydrogens is 220 g/mol. The van der Waals surface area contributed by atoms with E-state index >= 15 is 0 Å². The minimum Gasteiger partial charge on any atom is -0.294 e. The van der Waals surface area contributed by atoms with Gasteiger partial charge in [-0.2, -0.15) is 0 Å².